The fourth-order valence-electron chi connectivity index (χ4n) is 2.73. The summed E-state index contributed by atoms with van der Waals surface area (Å²) in [6.07, 6.45) is 2.44. The number of carbonyl (C=O) groups excluding carboxylic acids is 1. The Labute approximate surface area is 121 Å². The summed E-state index contributed by atoms with van der Waals surface area (Å²) in [4.78, 5) is 13.9. The van der Waals surface area contributed by atoms with Crippen LogP contribution in [0.1, 0.15) is 35.7 Å². The van der Waals surface area contributed by atoms with E-state index in [0.29, 0.717) is 11.6 Å². The summed E-state index contributed by atoms with van der Waals surface area (Å²) >= 11 is 0. The first-order valence-electron chi connectivity index (χ1n) is 7.36. The topological polar surface area (TPSA) is 41.6 Å². The van der Waals surface area contributed by atoms with Crippen molar-refractivity contribution in [1.82, 2.24) is 10.2 Å². The maximum absolute atomic E-state index is 11.4. The van der Waals surface area contributed by atoms with Gasteiger partial charge in [-0.3, -0.25) is 4.90 Å². The number of rotatable bonds is 5. The van der Waals surface area contributed by atoms with Crippen LogP contribution in [0.3, 0.4) is 0 Å². The van der Waals surface area contributed by atoms with Crippen LogP contribution in [0.15, 0.2) is 24.3 Å². The first-order chi connectivity index (χ1) is 9.74. The molecule has 1 atom stereocenters. The quantitative estimate of drug-likeness (QED) is 0.836. The summed E-state index contributed by atoms with van der Waals surface area (Å²) in [5, 5.41) is 3.46. The molecule has 1 saturated heterocycles. The van der Waals surface area contributed by atoms with Gasteiger partial charge in [-0.15, -0.1) is 0 Å². The molecule has 0 aliphatic carbocycles. The number of carbonyl (C=O) groups is 1. The van der Waals surface area contributed by atoms with Gasteiger partial charge in [0.25, 0.3) is 0 Å². The van der Waals surface area contributed by atoms with Crippen LogP contribution >= 0.6 is 0 Å². The molecule has 1 fully saturated rings. The van der Waals surface area contributed by atoms with Crippen LogP contribution in [0.2, 0.25) is 0 Å². The standard InChI is InChI=1S/C16H24N2O2/c1-3-4-15-11-17-9-10-18(15)12-13-5-7-14(8-6-13)16(19)20-2/h5-8,15,17H,3-4,9-12H2,1-2H3/t15-/m0/s1. The van der Waals surface area contributed by atoms with Gasteiger partial charge in [0.1, 0.15) is 0 Å². The van der Waals surface area contributed by atoms with Gasteiger partial charge in [-0.2, -0.15) is 0 Å². The van der Waals surface area contributed by atoms with Crippen LogP contribution in [-0.2, 0) is 11.3 Å². The molecule has 0 spiro atoms. The van der Waals surface area contributed by atoms with Crippen molar-refractivity contribution in [3.8, 4) is 0 Å². The molecule has 0 unspecified atom stereocenters. The molecular formula is C16H24N2O2. The van der Waals surface area contributed by atoms with Crippen molar-refractivity contribution in [3.05, 3.63) is 35.4 Å². The highest BCUT2D eigenvalue weighted by Gasteiger charge is 2.21. The molecule has 20 heavy (non-hydrogen) atoms. The van der Waals surface area contributed by atoms with Gasteiger partial charge in [0, 0.05) is 32.2 Å². The predicted octanol–water partition coefficient (Wildman–Crippen LogP) is 2.05. The van der Waals surface area contributed by atoms with Crippen LogP contribution in [0.5, 0.6) is 0 Å². The van der Waals surface area contributed by atoms with Crippen LogP contribution in [-0.4, -0.2) is 43.7 Å². The Morgan fingerprint density at radius 1 is 1.40 bits per heavy atom. The molecule has 110 valence electrons. The first-order valence-corrected chi connectivity index (χ1v) is 7.36. The van der Waals surface area contributed by atoms with E-state index < -0.39 is 0 Å². The van der Waals surface area contributed by atoms with Gasteiger partial charge in [-0.05, 0) is 24.1 Å². The molecule has 1 aromatic carbocycles. The minimum Gasteiger partial charge on any atom is -0.465 e. The Balaban J connectivity index is 1.99. The van der Waals surface area contributed by atoms with E-state index in [1.807, 2.05) is 24.3 Å². The molecule has 0 saturated carbocycles. The molecule has 2 rings (SSSR count). The lowest BCUT2D eigenvalue weighted by atomic mass is 10.1. The zero-order chi connectivity index (χ0) is 14.4. The number of nitrogens with zero attached hydrogens (tertiary/aromatic N) is 1. The van der Waals surface area contributed by atoms with Crippen molar-refractivity contribution in [3.63, 3.8) is 0 Å². The zero-order valence-corrected chi connectivity index (χ0v) is 12.4. The smallest absolute Gasteiger partial charge is 0.337 e. The SMILES string of the molecule is CCC[C@H]1CNCCN1Cc1ccc(C(=O)OC)cc1. The highest BCUT2D eigenvalue weighted by atomic mass is 16.5. The number of hydrogen-bond donors (Lipinski definition) is 1. The molecule has 0 aromatic heterocycles. The molecule has 1 N–H and O–H groups in total. The van der Waals surface area contributed by atoms with Gasteiger partial charge >= 0.3 is 5.97 Å². The summed E-state index contributed by atoms with van der Waals surface area (Å²) in [6.45, 7) is 6.41. The largest absolute Gasteiger partial charge is 0.465 e. The Hall–Kier alpha value is -1.39. The molecule has 1 aliphatic heterocycles. The van der Waals surface area contributed by atoms with E-state index in [9.17, 15) is 4.79 Å². The van der Waals surface area contributed by atoms with Gasteiger partial charge in [0.15, 0.2) is 0 Å². The summed E-state index contributed by atoms with van der Waals surface area (Å²) in [7, 11) is 1.41. The van der Waals surface area contributed by atoms with E-state index in [4.69, 9.17) is 4.74 Å². The second-order valence-electron chi connectivity index (χ2n) is 5.31. The summed E-state index contributed by atoms with van der Waals surface area (Å²) in [5.74, 6) is -0.275. The fourth-order valence-corrected chi connectivity index (χ4v) is 2.73. The van der Waals surface area contributed by atoms with E-state index >= 15 is 0 Å². The van der Waals surface area contributed by atoms with Crippen molar-refractivity contribution in [2.45, 2.75) is 32.4 Å². The second-order valence-corrected chi connectivity index (χ2v) is 5.31. The van der Waals surface area contributed by atoms with Crippen LogP contribution in [0.25, 0.3) is 0 Å². The van der Waals surface area contributed by atoms with E-state index in [1.165, 1.54) is 25.5 Å². The number of hydrogen-bond acceptors (Lipinski definition) is 4. The van der Waals surface area contributed by atoms with Crippen molar-refractivity contribution in [2.24, 2.45) is 0 Å². The van der Waals surface area contributed by atoms with Crippen LogP contribution in [0.4, 0.5) is 0 Å². The molecule has 0 bridgehead atoms. The lowest BCUT2D eigenvalue weighted by Gasteiger charge is -2.36. The van der Waals surface area contributed by atoms with Gasteiger partial charge in [0.2, 0.25) is 0 Å². The van der Waals surface area contributed by atoms with Crippen LogP contribution < -0.4 is 5.32 Å². The monoisotopic (exact) mass is 276 g/mol. The van der Waals surface area contributed by atoms with Gasteiger partial charge in [-0.25, -0.2) is 4.79 Å². The minimum absolute atomic E-state index is 0.275. The fraction of sp³-hybridized carbons (Fsp3) is 0.562. The third-order valence-corrected chi connectivity index (χ3v) is 3.85. The Morgan fingerprint density at radius 3 is 2.80 bits per heavy atom. The summed E-state index contributed by atoms with van der Waals surface area (Å²) < 4.78 is 4.72. The zero-order valence-electron chi connectivity index (χ0n) is 12.4. The van der Waals surface area contributed by atoms with Crippen molar-refractivity contribution in [1.29, 1.82) is 0 Å². The molecule has 4 heteroatoms. The number of benzene rings is 1. The molecule has 1 aliphatic rings. The van der Waals surface area contributed by atoms with Crippen LogP contribution in [0, 0.1) is 0 Å². The van der Waals surface area contributed by atoms with E-state index in [0.717, 1.165) is 26.2 Å². The average Bonchev–Trinajstić information content (AvgIpc) is 2.49. The van der Waals surface area contributed by atoms with Gasteiger partial charge < -0.3 is 10.1 Å². The third-order valence-electron chi connectivity index (χ3n) is 3.85. The maximum atomic E-state index is 11.4. The first kappa shape index (κ1) is 15.0. The number of piperazine rings is 1. The number of esters is 1. The number of nitrogens with one attached hydrogen (secondary N) is 1. The summed E-state index contributed by atoms with van der Waals surface area (Å²) in [6, 6.07) is 8.36. The van der Waals surface area contributed by atoms with E-state index in [1.54, 1.807) is 0 Å². The van der Waals surface area contributed by atoms with Gasteiger partial charge in [-0.1, -0.05) is 25.5 Å². The normalized spacial score (nSPS) is 19.8. The molecule has 4 nitrogen and oxygen atoms in total. The van der Waals surface area contributed by atoms with Crippen molar-refractivity contribution < 1.29 is 9.53 Å². The second kappa shape index (κ2) is 7.41. The maximum Gasteiger partial charge on any atom is 0.337 e. The molecular weight excluding hydrogens is 252 g/mol. The highest BCUT2D eigenvalue weighted by molar-refractivity contribution is 5.89. The van der Waals surface area contributed by atoms with E-state index in [2.05, 4.69) is 17.1 Å². The molecule has 0 radical (unpaired) electrons. The lowest BCUT2D eigenvalue weighted by Crippen LogP contribution is -2.50. The number of ether oxygens (including phenoxy) is 1. The lowest BCUT2D eigenvalue weighted by molar-refractivity contribution is 0.0600. The Bertz CT molecular complexity index is 429. The predicted molar refractivity (Wildman–Crippen MR) is 79.8 cm³/mol. The Kier molecular flexibility index (Phi) is 5.56. The average molecular weight is 276 g/mol. The summed E-state index contributed by atoms with van der Waals surface area (Å²) in [5.41, 5.74) is 1.86. The molecule has 1 aromatic rings. The third kappa shape index (κ3) is 3.81. The number of methoxy groups -OCH3 is 1. The Morgan fingerprint density at radius 2 is 2.15 bits per heavy atom. The minimum atomic E-state index is -0.275. The molecule has 1 heterocycles. The van der Waals surface area contributed by atoms with E-state index in [-0.39, 0.29) is 5.97 Å². The van der Waals surface area contributed by atoms with Crippen molar-refractivity contribution in [2.75, 3.05) is 26.7 Å². The van der Waals surface area contributed by atoms with Gasteiger partial charge in [0.05, 0.1) is 12.7 Å². The highest BCUT2D eigenvalue weighted by Crippen LogP contribution is 2.15. The molecule has 0 amide bonds. The van der Waals surface area contributed by atoms with Crippen molar-refractivity contribution >= 4 is 5.97 Å².